The molecule has 0 saturated heterocycles. The summed E-state index contributed by atoms with van der Waals surface area (Å²) in [6.07, 6.45) is 6.25. The lowest BCUT2D eigenvalue weighted by Crippen LogP contribution is -2.08. The fourth-order valence-corrected chi connectivity index (χ4v) is 3.86. The zero-order chi connectivity index (χ0) is 19.4. The third kappa shape index (κ3) is 2.82. The van der Waals surface area contributed by atoms with Crippen LogP contribution in [0.3, 0.4) is 0 Å². The molecule has 1 N–H and O–H groups in total. The lowest BCUT2D eigenvalue weighted by atomic mass is 10.1. The van der Waals surface area contributed by atoms with Crippen molar-refractivity contribution in [2.24, 2.45) is 5.92 Å². The molecule has 0 spiro atoms. The average Bonchev–Trinajstić information content (AvgIpc) is 3.29. The maximum atomic E-state index is 14.8. The van der Waals surface area contributed by atoms with Gasteiger partial charge in [-0.2, -0.15) is 0 Å². The molecule has 1 fully saturated rings. The third-order valence-corrected chi connectivity index (χ3v) is 5.41. The van der Waals surface area contributed by atoms with Crippen LogP contribution in [-0.4, -0.2) is 30.7 Å². The quantitative estimate of drug-likeness (QED) is 0.551. The van der Waals surface area contributed by atoms with Gasteiger partial charge in [0.2, 0.25) is 5.95 Å². The van der Waals surface area contributed by atoms with Crippen molar-refractivity contribution >= 4 is 22.5 Å². The van der Waals surface area contributed by atoms with Gasteiger partial charge in [0.05, 0.1) is 17.2 Å². The highest BCUT2D eigenvalue weighted by Gasteiger charge is 2.21. The first kappa shape index (κ1) is 17.2. The van der Waals surface area contributed by atoms with E-state index in [-0.39, 0.29) is 11.9 Å². The highest BCUT2D eigenvalue weighted by Crippen LogP contribution is 2.32. The number of benzene rings is 1. The highest BCUT2D eigenvalue weighted by molar-refractivity contribution is 5.88. The molecular weight excluding hydrogens is 355 g/mol. The largest absolute Gasteiger partial charge is 0.353 e. The topological polar surface area (TPSA) is 60.0 Å². The maximum absolute atomic E-state index is 14.8. The van der Waals surface area contributed by atoms with Crippen LogP contribution in [0.15, 0.2) is 30.6 Å². The second-order valence-electron chi connectivity index (χ2n) is 7.91. The van der Waals surface area contributed by atoms with E-state index in [4.69, 9.17) is 0 Å². The summed E-state index contributed by atoms with van der Waals surface area (Å²) >= 11 is 0. The molecule has 1 aliphatic carbocycles. The Kier molecular flexibility index (Phi) is 3.86. The Bertz CT molecular complexity index is 1180. The molecule has 0 radical (unpaired) electrons. The molecule has 5 rings (SSSR count). The first-order valence-corrected chi connectivity index (χ1v) is 9.78. The summed E-state index contributed by atoms with van der Waals surface area (Å²) in [4.78, 5) is 8.87. The van der Waals surface area contributed by atoms with E-state index in [0.717, 1.165) is 40.4 Å². The molecular formula is C21H23FN6. The van der Waals surface area contributed by atoms with Crippen molar-refractivity contribution in [1.29, 1.82) is 0 Å². The van der Waals surface area contributed by atoms with Crippen molar-refractivity contribution in [1.82, 2.24) is 24.1 Å². The van der Waals surface area contributed by atoms with E-state index in [0.29, 0.717) is 11.5 Å². The fourth-order valence-electron chi connectivity index (χ4n) is 3.86. The number of nitrogens with zero attached hydrogens (tertiary/aromatic N) is 5. The Morgan fingerprint density at radius 2 is 2.07 bits per heavy atom. The summed E-state index contributed by atoms with van der Waals surface area (Å²) in [5.41, 5.74) is 3.79. The Hall–Kier alpha value is -2.96. The van der Waals surface area contributed by atoms with Crippen LogP contribution in [0.4, 0.5) is 10.3 Å². The van der Waals surface area contributed by atoms with Crippen LogP contribution in [0.25, 0.3) is 27.7 Å². The molecule has 28 heavy (non-hydrogen) atoms. The number of imidazole rings is 1. The van der Waals surface area contributed by atoms with Crippen molar-refractivity contribution in [3.63, 3.8) is 0 Å². The van der Waals surface area contributed by atoms with E-state index >= 15 is 0 Å². The van der Waals surface area contributed by atoms with Gasteiger partial charge in [0.1, 0.15) is 11.3 Å². The average molecular weight is 378 g/mol. The van der Waals surface area contributed by atoms with Crippen molar-refractivity contribution in [2.45, 2.75) is 39.7 Å². The van der Waals surface area contributed by atoms with Crippen LogP contribution in [0.1, 0.15) is 38.6 Å². The molecule has 0 aliphatic heterocycles. The Morgan fingerprint density at radius 3 is 2.82 bits per heavy atom. The normalized spacial score (nSPS) is 14.5. The summed E-state index contributed by atoms with van der Waals surface area (Å²) in [7, 11) is 0. The molecule has 144 valence electrons. The number of anilines is 1. The fraction of sp³-hybridized carbons (Fsp3) is 0.381. The lowest BCUT2D eigenvalue weighted by molar-refractivity contribution is 0.600. The Labute approximate surface area is 162 Å². The van der Waals surface area contributed by atoms with Gasteiger partial charge < -0.3 is 9.88 Å². The van der Waals surface area contributed by atoms with Gasteiger partial charge in [0.25, 0.3) is 0 Å². The first-order chi connectivity index (χ1) is 13.5. The standard InChI is InChI=1S/C21H23FN6/c1-12(2)28-13(3)25-20-17(22)8-15(9-18(20)28)16-6-7-27-19(16)11-24-21(26-27)23-10-14-4-5-14/h6-9,11-12,14H,4-5,10H2,1-3H3,(H,23,26). The molecule has 0 bridgehead atoms. The second kappa shape index (κ2) is 6.29. The van der Waals surface area contributed by atoms with Gasteiger partial charge in [-0.3, -0.25) is 0 Å². The lowest BCUT2D eigenvalue weighted by Gasteiger charge is -2.11. The van der Waals surface area contributed by atoms with E-state index in [1.165, 1.54) is 12.8 Å². The second-order valence-corrected chi connectivity index (χ2v) is 7.91. The summed E-state index contributed by atoms with van der Waals surface area (Å²) in [5, 5.41) is 7.83. The predicted octanol–water partition coefficient (Wildman–Crippen LogP) is 4.60. The third-order valence-electron chi connectivity index (χ3n) is 5.41. The molecule has 3 heterocycles. The van der Waals surface area contributed by atoms with Gasteiger partial charge in [-0.1, -0.05) is 0 Å². The molecule has 0 amide bonds. The van der Waals surface area contributed by atoms with E-state index in [2.05, 4.69) is 38.8 Å². The van der Waals surface area contributed by atoms with Crippen molar-refractivity contribution < 1.29 is 4.39 Å². The molecule has 3 aromatic heterocycles. The zero-order valence-electron chi connectivity index (χ0n) is 16.3. The van der Waals surface area contributed by atoms with E-state index in [1.54, 1.807) is 16.8 Å². The Balaban J connectivity index is 1.59. The SMILES string of the molecule is Cc1nc2c(F)cc(-c3ccn4nc(NCC5CC5)ncc34)cc2n1C(C)C. The minimum Gasteiger partial charge on any atom is -0.353 e. The monoisotopic (exact) mass is 378 g/mol. The minimum absolute atomic E-state index is 0.203. The minimum atomic E-state index is -0.307. The molecule has 0 atom stereocenters. The summed E-state index contributed by atoms with van der Waals surface area (Å²) in [6, 6.07) is 5.72. The van der Waals surface area contributed by atoms with E-state index < -0.39 is 0 Å². The number of hydrogen-bond acceptors (Lipinski definition) is 4. The van der Waals surface area contributed by atoms with Crippen LogP contribution in [0, 0.1) is 18.7 Å². The molecule has 6 nitrogen and oxygen atoms in total. The molecule has 1 saturated carbocycles. The van der Waals surface area contributed by atoms with Gasteiger partial charge in [-0.15, -0.1) is 5.10 Å². The van der Waals surface area contributed by atoms with E-state index in [1.807, 2.05) is 25.3 Å². The zero-order valence-corrected chi connectivity index (χ0v) is 16.3. The predicted molar refractivity (Wildman–Crippen MR) is 108 cm³/mol. The maximum Gasteiger partial charge on any atom is 0.241 e. The van der Waals surface area contributed by atoms with Crippen molar-refractivity contribution in [2.75, 3.05) is 11.9 Å². The van der Waals surface area contributed by atoms with E-state index in [9.17, 15) is 4.39 Å². The summed E-state index contributed by atoms with van der Waals surface area (Å²) < 4.78 is 18.7. The van der Waals surface area contributed by atoms with Gasteiger partial charge in [0.15, 0.2) is 5.82 Å². The first-order valence-electron chi connectivity index (χ1n) is 9.78. The highest BCUT2D eigenvalue weighted by atomic mass is 19.1. The Morgan fingerprint density at radius 1 is 1.25 bits per heavy atom. The van der Waals surface area contributed by atoms with Gasteiger partial charge >= 0.3 is 0 Å². The number of aryl methyl sites for hydroxylation is 1. The number of rotatable bonds is 5. The summed E-state index contributed by atoms with van der Waals surface area (Å²) in [5.74, 6) is 1.88. The molecule has 7 heteroatoms. The smallest absolute Gasteiger partial charge is 0.241 e. The summed E-state index contributed by atoms with van der Waals surface area (Å²) in [6.45, 7) is 6.99. The van der Waals surface area contributed by atoms with Crippen LogP contribution < -0.4 is 5.32 Å². The molecule has 4 aromatic rings. The van der Waals surface area contributed by atoms with Gasteiger partial charge in [-0.05, 0) is 63.3 Å². The number of halogens is 1. The van der Waals surface area contributed by atoms with Crippen molar-refractivity contribution in [3.05, 3.63) is 42.2 Å². The van der Waals surface area contributed by atoms with Crippen LogP contribution >= 0.6 is 0 Å². The van der Waals surface area contributed by atoms with Crippen LogP contribution in [0.5, 0.6) is 0 Å². The number of aromatic nitrogens is 5. The number of fused-ring (bicyclic) bond motifs is 2. The van der Waals surface area contributed by atoms with Gasteiger partial charge in [0, 0.05) is 24.3 Å². The number of hydrogen-bond donors (Lipinski definition) is 1. The van der Waals surface area contributed by atoms with Crippen LogP contribution in [0.2, 0.25) is 0 Å². The van der Waals surface area contributed by atoms with Crippen molar-refractivity contribution in [3.8, 4) is 11.1 Å². The molecule has 1 aliphatic rings. The van der Waals surface area contributed by atoms with Gasteiger partial charge in [-0.25, -0.2) is 18.9 Å². The number of nitrogens with one attached hydrogen (secondary N) is 1. The van der Waals surface area contributed by atoms with Crippen LogP contribution in [-0.2, 0) is 0 Å². The molecule has 1 aromatic carbocycles. The molecule has 0 unspecified atom stereocenters.